The molecule has 8 aliphatic heterocycles. The summed E-state index contributed by atoms with van der Waals surface area (Å²) in [7, 11) is 8.10. The Morgan fingerprint density at radius 3 is 1.65 bits per heavy atom. The van der Waals surface area contributed by atoms with E-state index in [4.69, 9.17) is 93.1 Å². The van der Waals surface area contributed by atoms with E-state index in [2.05, 4.69) is 42.5 Å². The molecule has 7 saturated heterocycles. The highest BCUT2D eigenvalue weighted by Gasteiger charge is 2.66. The van der Waals surface area contributed by atoms with Gasteiger partial charge in [0.05, 0.1) is 84.8 Å². The van der Waals surface area contributed by atoms with Crippen LogP contribution in [-0.4, -0.2) is 449 Å². The van der Waals surface area contributed by atoms with E-state index < -0.39 is 329 Å². The van der Waals surface area contributed by atoms with E-state index in [9.17, 15) is 119 Å². The summed E-state index contributed by atoms with van der Waals surface area (Å²) < 4.78 is 94.1. The molecule has 9 rings (SSSR count). The van der Waals surface area contributed by atoms with Crippen LogP contribution in [0.1, 0.15) is 113 Å². The van der Waals surface area contributed by atoms with Gasteiger partial charge in [-0.1, -0.05) is 63.9 Å². The fourth-order valence-electron chi connectivity index (χ4n) is 17.6. The molecular formula is C89H140ClN11O40S2. The topological polar surface area (TPSA) is 730 Å². The highest BCUT2D eigenvalue weighted by molar-refractivity contribution is 8.77. The van der Waals surface area contributed by atoms with Crippen molar-refractivity contribution >= 4 is 104 Å². The van der Waals surface area contributed by atoms with Crippen molar-refractivity contribution in [3.8, 4) is 5.75 Å². The van der Waals surface area contributed by atoms with Crippen LogP contribution < -0.4 is 57.9 Å². The number of hydrogen-bond acceptors (Lipinski definition) is 43. The first-order valence-corrected chi connectivity index (χ1v) is 49.4. The number of aliphatic hydroxyl groups is 13. The number of aliphatic hydroxyl groups excluding tert-OH is 12. The summed E-state index contributed by atoms with van der Waals surface area (Å²) in [5.41, 5.74) is 3.94. The van der Waals surface area contributed by atoms with Crippen molar-refractivity contribution in [3.63, 3.8) is 0 Å². The molecule has 810 valence electrons. The van der Waals surface area contributed by atoms with Crippen LogP contribution in [0, 0.1) is 5.92 Å². The molecule has 4 bridgehead atoms. The molecular weight excluding hydrogens is 1960 g/mol. The summed E-state index contributed by atoms with van der Waals surface area (Å²) in [5, 5.41) is 167. The molecule has 1 aromatic carbocycles. The molecule has 5 unspecified atom stereocenters. The van der Waals surface area contributed by atoms with Crippen LogP contribution in [-0.2, 0) is 125 Å². The fraction of sp³-hybridized carbons (Fsp3) is 0.764. The third kappa shape index (κ3) is 31.1. The number of esters is 1. The molecule has 0 spiro atoms. The second kappa shape index (κ2) is 54.0. The number of rotatable bonds is 43. The predicted octanol–water partition coefficient (Wildman–Crippen LogP) is -7.38. The monoisotopic (exact) mass is 2100 g/mol. The van der Waals surface area contributed by atoms with E-state index >= 15 is 0 Å². The number of ether oxygens (including phenoxy) is 16. The van der Waals surface area contributed by atoms with Gasteiger partial charge in [0.25, 0.3) is 0 Å². The summed E-state index contributed by atoms with van der Waals surface area (Å²) >= 11 is 6.90. The van der Waals surface area contributed by atoms with Gasteiger partial charge < -0.3 is 195 Å². The standard InChI is InChI=1S/C89H140ClN11O40S2/c1-39-16-15-17-56(127-14)89(125)32-50(135-86(124)99-89)40(2)78-88(10,141-78)57(31-61(114)101(12)48-29-46(28-39)30-49(126-13)62(48)90)136-80(122)41(3)100(11)60(113)18-21-87(8,9)143-142-38-47(97-59(112)20-24-128-26-27-129-25-22-91)79(121)92-23-19-58(111)98-64-69(116)68(115)51(33-102)131-82(64)138-75-53(35-104)133-84(66(71(75)118)95-44(6)109)140-77-55(37-106)134-85(67(73(77)120)96-45(7)110)139-76-54(36-105)132-83(65(72(76)119)94-43(5)108)137-74-52(34-103)130-81(123)63(70(74)117)93-42(4)107/h15-17,29-30,40-41,47,50-57,63-78,81-85,102-106,115-120,123,125H,18-28,31-38,91H2,1-14H3,(H,92,121)(H,93,107)(H,94,108)(H,95,109)(H,96,110)(H,97,112)(H,98,111)(H,99,124)/b17-15+,39-16+/t40-,41+,47+,50+,51-,52-,53-,54-,55-,56-,57+,63-,64-,65-,66-,67-,68-,69-,70-,71-,72-,73-,74?,75?,76?,77?,78+,81?,82+,83+,84+,85+,88+,89+/m1/s1. The summed E-state index contributed by atoms with van der Waals surface area (Å²) in [6.45, 7) is 9.49. The average Bonchev–Trinajstić information content (AvgIpc) is 1.57. The Morgan fingerprint density at radius 2 is 1.15 bits per heavy atom. The highest BCUT2D eigenvalue weighted by Crippen LogP contribution is 2.50. The van der Waals surface area contributed by atoms with Crippen LogP contribution in [0.5, 0.6) is 5.75 Å². The molecule has 8 heterocycles. The third-order valence-corrected chi connectivity index (χ3v) is 29.4. The van der Waals surface area contributed by atoms with Crippen LogP contribution in [0.3, 0.4) is 0 Å². The number of nitrogens with one attached hydrogen (secondary N) is 8. The molecule has 0 aliphatic carbocycles. The van der Waals surface area contributed by atoms with Crippen LogP contribution in [0.2, 0.25) is 5.02 Å². The van der Waals surface area contributed by atoms with Crippen molar-refractivity contribution in [1.82, 2.24) is 47.4 Å². The van der Waals surface area contributed by atoms with Crippen LogP contribution in [0.15, 0.2) is 35.9 Å². The SMILES string of the molecule is COc1cc2cc(c1Cl)N(C)C(=O)C[C@H](OC(=O)[C@H](C)N(C)C(=O)CCC(C)(C)SSC[C@H](NC(=O)CCOCCOCCN)C(=O)NCCC(=O)N[C@H]1[C@H](OC3[C@@H](CO)O[C@@H](OC4[C@@H](CO)O[C@@H](OC5[C@@H](CO)O[C@@H](OC6[C@@H](CO)OC(O)[C@H](NC(C)=O)[C@H]6O)[C@H](NC(C)=O)[C@H]5O)[C@H](NC(C)=O)[C@H]4O)[C@H](NC(C)=O)[C@H]3O)O[C@H](CO)[C@@H](O)[C@@H]1O)[C@]1(C)O[C@H]1[C@H](C)[C@@H]1C[C@@](O)(NC(=O)O1)[C@H](OC)/C=C/C=C(\C)C2. The Hall–Kier alpha value is -7.62. The number of benzene rings is 1. The molecule has 1 aromatic rings. The lowest BCUT2D eigenvalue weighted by Crippen LogP contribution is -2.72. The predicted molar refractivity (Wildman–Crippen MR) is 498 cm³/mol. The van der Waals surface area contributed by atoms with Gasteiger partial charge in [-0.3, -0.25) is 48.5 Å². The lowest BCUT2D eigenvalue weighted by atomic mass is 9.83. The molecule has 23 N–H and O–H groups in total. The minimum absolute atomic E-state index is 0.0943. The lowest BCUT2D eigenvalue weighted by molar-refractivity contribution is -0.367. The van der Waals surface area contributed by atoms with Crippen LogP contribution in [0.4, 0.5) is 10.5 Å². The molecule has 10 amide bonds. The minimum atomic E-state index is -2.13. The second-order valence-corrected chi connectivity index (χ2v) is 40.4. The Kier molecular flexibility index (Phi) is 44.9. The maximum Gasteiger partial charge on any atom is 0.409 e. The van der Waals surface area contributed by atoms with Crippen molar-refractivity contribution in [1.29, 1.82) is 0 Å². The zero-order valence-electron chi connectivity index (χ0n) is 81.8. The number of nitrogens with zero attached hydrogens (tertiary/aromatic N) is 2. The van der Waals surface area contributed by atoms with Crippen molar-refractivity contribution in [2.75, 3.05) is 112 Å². The molecule has 0 radical (unpaired) electrons. The van der Waals surface area contributed by atoms with Crippen molar-refractivity contribution in [3.05, 3.63) is 46.5 Å². The number of amides is 10. The van der Waals surface area contributed by atoms with Gasteiger partial charge in [0.15, 0.2) is 37.2 Å². The molecule has 51 nitrogen and oxygen atoms in total. The maximum atomic E-state index is 14.7. The molecule has 143 heavy (non-hydrogen) atoms. The largest absolute Gasteiger partial charge is 0.495 e. The average molecular weight is 2100 g/mol. The number of methoxy groups -OCH3 is 2. The summed E-state index contributed by atoms with van der Waals surface area (Å²) in [6.07, 6.45) is -39.1. The molecule has 8 aliphatic rings. The fourth-order valence-corrected chi connectivity index (χ4v) is 20.7. The van der Waals surface area contributed by atoms with Gasteiger partial charge in [0.2, 0.25) is 53.2 Å². The van der Waals surface area contributed by atoms with Gasteiger partial charge in [-0.25, -0.2) is 9.59 Å². The quantitative estimate of drug-likeness (QED) is 0.0125. The zero-order chi connectivity index (χ0) is 106. The number of allylic oxidation sites excluding steroid dienone is 3. The first-order chi connectivity index (χ1) is 67.5. The number of fused-ring (bicyclic) bond motifs is 5. The Labute approximate surface area is 837 Å². The van der Waals surface area contributed by atoms with Crippen molar-refractivity contribution in [2.24, 2.45) is 11.7 Å². The van der Waals surface area contributed by atoms with E-state index in [0.29, 0.717) is 12.0 Å². The minimum Gasteiger partial charge on any atom is -0.495 e. The number of epoxide rings is 1. The Balaban J connectivity index is 0.837. The number of alkyl carbamates (subject to hydrolysis) is 1. The number of anilines is 1. The Bertz CT molecular complexity index is 4510. The molecule has 0 aromatic heterocycles. The van der Waals surface area contributed by atoms with Gasteiger partial charge in [0, 0.05) is 104 Å². The van der Waals surface area contributed by atoms with Gasteiger partial charge in [0.1, 0.15) is 169 Å². The summed E-state index contributed by atoms with van der Waals surface area (Å²) in [6, 6.07) is -7.95. The van der Waals surface area contributed by atoms with E-state index in [1.807, 2.05) is 20.8 Å². The summed E-state index contributed by atoms with van der Waals surface area (Å²) in [4.78, 5) is 152. The third-order valence-electron chi connectivity index (χ3n) is 25.7. The first-order valence-electron chi connectivity index (χ1n) is 46.7. The number of carbonyl (C=O) groups excluding carboxylic acids is 11. The number of hydrogen-bond donors (Lipinski definition) is 22. The summed E-state index contributed by atoms with van der Waals surface area (Å²) in [5.74, 6) is -8.23. The number of carbonyl (C=O) groups is 11. The van der Waals surface area contributed by atoms with E-state index in [-0.39, 0.29) is 80.9 Å². The van der Waals surface area contributed by atoms with Gasteiger partial charge in [-0.2, -0.15) is 0 Å². The number of halogens is 1. The van der Waals surface area contributed by atoms with Crippen LogP contribution >= 0.6 is 33.2 Å². The molecule has 54 heteroatoms. The van der Waals surface area contributed by atoms with E-state index in [0.717, 1.165) is 44.1 Å². The maximum absolute atomic E-state index is 14.7. The first kappa shape index (κ1) is 119. The van der Waals surface area contributed by atoms with Gasteiger partial charge in [-0.15, -0.1) is 0 Å². The molecule has 0 saturated carbocycles. The smallest absolute Gasteiger partial charge is 0.409 e. The normalized spacial score (nSPS) is 35.3. The molecule has 34 atom stereocenters. The lowest BCUT2D eigenvalue weighted by Gasteiger charge is -2.51. The number of nitrogens with two attached hydrogens (primary N) is 1. The van der Waals surface area contributed by atoms with E-state index in [1.165, 1.54) is 55.8 Å². The van der Waals surface area contributed by atoms with Crippen molar-refractivity contribution < 1.29 is 195 Å². The highest BCUT2D eigenvalue weighted by atomic mass is 35.5. The second-order valence-electron chi connectivity index (χ2n) is 37.0. The zero-order valence-corrected chi connectivity index (χ0v) is 84.2. The van der Waals surface area contributed by atoms with Gasteiger partial charge >= 0.3 is 12.1 Å². The Morgan fingerprint density at radius 1 is 0.664 bits per heavy atom. The van der Waals surface area contributed by atoms with Crippen LogP contribution in [0.25, 0.3) is 0 Å². The number of likely N-dealkylation sites (N-methyl/N-ethyl adjacent to an activating group) is 1. The molecule has 7 fully saturated rings. The van der Waals surface area contributed by atoms with Crippen molar-refractivity contribution in [2.45, 2.75) is 320 Å². The van der Waals surface area contributed by atoms with Gasteiger partial charge in [-0.05, 0) is 65.2 Å². The van der Waals surface area contributed by atoms with E-state index in [1.54, 1.807) is 44.2 Å².